The van der Waals surface area contributed by atoms with E-state index in [0.29, 0.717) is 16.9 Å². The van der Waals surface area contributed by atoms with Crippen LogP contribution < -0.4 is 4.74 Å². The predicted octanol–water partition coefficient (Wildman–Crippen LogP) is 5.33. The first-order valence-corrected chi connectivity index (χ1v) is 11.1. The molecule has 0 aliphatic carbocycles. The Kier molecular flexibility index (Phi) is 7.65. The first-order chi connectivity index (χ1) is 17.4. The highest BCUT2D eigenvalue weighted by Crippen LogP contribution is 2.26. The number of carboxylic acids is 1. The van der Waals surface area contributed by atoms with Gasteiger partial charge < -0.3 is 14.7 Å². The highest BCUT2D eigenvalue weighted by molar-refractivity contribution is 5.94. The number of pyridine rings is 1. The Hall–Kier alpha value is -4.59. The van der Waals surface area contributed by atoms with E-state index in [1.165, 1.54) is 29.3 Å². The molecule has 1 amide bonds. The van der Waals surface area contributed by atoms with Crippen molar-refractivity contribution in [3.63, 3.8) is 0 Å². The summed E-state index contributed by atoms with van der Waals surface area (Å²) in [6.07, 6.45) is 1.48. The van der Waals surface area contributed by atoms with E-state index in [0.717, 1.165) is 17.2 Å². The lowest BCUT2D eigenvalue weighted by molar-refractivity contribution is -0.137. The first-order valence-electron chi connectivity index (χ1n) is 11.1. The Bertz CT molecular complexity index is 1360. The monoisotopic (exact) mass is 488 g/mol. The van der Waals surface area contributed by atoms with Crippen LogP contribution in [0.1, 0.15) is 21.6 Å². The van der Waals surface area contributed by atoms with Crippen molar-refractivity contribution in [3.05, 3.63) is 120 Å². The lowest BCUT2D eigenvalue weighted by atomic mass is 10.1. The van der Waals surface area contributed by atoms with E-state index in [2.05, 4.69) is 4.98 Å². The van der Waals surface area contributed by atoms with Crippen molar-refractivity contribution in [3.8, 4) is 16.9 Å². The maximum atomic E-state index is 14.0. The van der Waals surface area contributed by atoms with Gasteiger partial charge >= 0.3 is 5.97 Å². The Balaban J connectivity index is 1.42. The topological polar surface area (TPSA) is 79.7 Å². The summed E-state index contributed by atoms with van der Waals surface area (Å²) in [6, 6.07) is 22.4. The van der Waals surface area contributed by atoms with Crippen LogP contribution >= 0.6 is 0 Å². The Morgan fingerprint density at radius 3 is 2.36 bits per heavy atom. The fourth-order valence-corrected chi connectivity index (χ4v) is 3.67. The fourth-order valence-electron chi connectivity index (χ4n) is 3.67. The number of benzene rings is 3. The number of aromatic nitrogens is 1. The number of rotatable bonds is 9. The molecule has 3 aromatic carbocycles. The zero-order valence-corrected chi connectivity index (χ0v) is 19.1. The van der Waals surface area contributed by atoms with Gasteiger partial charge in [-0.1, -0.05) is 42.5 Å². The molecule has 4 rings (SSSR count). The van der Waals surface area contributed by atoms with E-state index in [4.69, 9.17) is 4.74 Å². The van der Waals surface area contributed by atoms with Gasteiger partial charge in [-0.15, -0.1) is 0 Å². The van der Waals surface area contributed by atoms with E-state index in [1.54, 1.807) is 48.5 Å². The van der Waals surface area contributed by atoms with Crippen LogP contribution in [0.5, 0.6) is 5.75 Å². The molecule has 1 N–H and O–H groups in total. The molecule has 0 saturated carbocycles. The largest absolute Gasteiger partial charge is 0.489 e. The summed E-state index contributed by atoms with van der Waals surface area (Å²) in [4.78, 5) is 29.4. The number of nitrogens with zero attached hydrogens (tertiary/aromatic N) is 2. The number of ether oxygens (including phenoxy) is 1. The molecule has 36 heavy (non-hydrogen) atoms. The average molecular weight is 488 g/mol. The summed E-state index contributed by atoms with van der Waals surface area (Å²) in [5, 5.41) is 9.27. The van der Waals surface area contributed by atoms with Gasteiger partial charge in [0.05, 0.1) is 0 Å². The molecule has 0 aliphatic heterocycles. The predicted molar refractivity (Wildman–Crippen MR) is 129 cm³/mol. The fraction of sp³-hybridized carbons (Fsp3) is 0.107. The molecule has 8 heteroatoms. The average Bonchev–Trinajstić information content (AvgIpc) is 2.88. The van der Waals surface area contributed by atoms with Crippen molar-refractivity contribution in [2.24, 2.45) is 0 Å². The van der Waals surface area contributed by atoms with Crippen LogP contribution in [0.15, 0.2) is 91.1 Å². The third-order valence-electron chi connectivity index (χ3n) is 5.36. The molecule has 4 aromatic rings. The molecule has 0 aliphatic rings. The smallest absolute Gasteiger partial charge is 0.323 e. The first kappa shape index (κ1) is 24.5. The number of halogens is 2. The summed E-state index contributed by atoms with van der Waals surface area (Å²) in [5.74, 6) is -2.31. The van der Waals surface area contributed by atoms with Crippen molar-refractivity contribution in [2.45, 2.75) is 13.2 Å². The van der Waals surface area contributed by atoms with E-state index < -0.39 is 30.1 Å². The van der Waals surface area contributed by atoms with Gasteiger partial charge in [0, 0.05) is 24.4 Å². The zero-order chi connectivity index (χ0) is 25.5. The van der Waals surface area contributed by atoms with E-state index in [-0.39, 0.29) is 18.8 Å². The van der Waals surface area contributed by atoms with E-state index in [1.807, 2.05) is 12.1 Å². The maximum absolute atomic E-state index is 14.0. The molecular weight excluding hydrogens is 466 g/mol. The highest BCUT2D eigenvalue weighted by Gasteiger charge is 2.20. The molecule has 6 nitrogen and oxygen atoms in total. The quantitative estimate of drug-likeness (QED) is 0.344. The van der Waals surface area contributed by atoms with Crippen LogP contribution in [0.4, 0.5) is 8.78 Å². The zero-order valence-electron chi connectivity index (χ0n) is 19.1. The minimum absolute atomic E-state index is 0.0908. The van der Waals surface area contributed by atoms with Gasteiger partial charge in [-0.3, -0.25) is 14.6 Å². The third-order valence-corrected chi connectivity index (χ3v) is 5.36. The van der Waals surface area contributed by atoms with Crippen LogP contribution in [0.3, 0.4) is 0 Å². The molecule has 0 atom stereocenters. The van der Waals surface area contributed by atoms with Crippen molar-refractivity contribution in [1.29, 1.82) is 0 Å². The SMILES string of the molecule is O=C(O)CN(Cc1cccc(COc2ccc(-c3ccc(F)cc3F)cc2)c1)C(=O)c1ccccn1. The lowest BCUT2D eigenvalue weighted by Crippen LogP contribution is -2.35. The van der Waals surface area contributed by atoms with Gasteiger partial charge in [0.1, 0.15) is 36.2 Å². The third kappa shape index (κ3) is 6.29. The molecule has 0 saturated heterocycles. The second kappa shape index (κ2) is 11.2. The second-order valence-corrected chi connectivity index (χ2v) is 8.03. The minimum Gasteiger partial charge on any atom is -0.489 e. The van der Waals surface area contributed by atoms with Gasteiger partial charge in [-0.05, 0) is 53.1 Å². The van der Waals surface area contributed by atoms with Crippen molar-refractivity contribution in [1.82, 2.24) is 9.88 Å². The van der Waals surface area contributed by atoms with Crippen LogP contribution in [0.25, 0.3) is 11.1 Å². The van der Waals surface area contributed by atoms with Crippen LogP contribution in [0.2, 0.25) is 0 Å². The summed E-state index contributed by atoms with van der Waals surface area (Å²) < 4.78 is 33.0. The summed E-state index contributed by atoms with van der Waals surface area (Å²) in [6.45, 7) is -0.143. The van der Waals surface area contributed by atoms with Crippen molar-refractivity contribution >= 4 is 11.9 Å². The molecule has 0 fully saturated rings. The molecule has 1 aromatic heterocycles. The number of carboxylic acid groups (broad SMARTS) is 1. The van der Waals surface area contributed by atoms with Gasteiger partial charge in [0.25, 0.3) is 5.91 Å². The molecule has 0 radical (unpaired) electrons. The molecule has 182 valence electrons. The van der Waals surface area contributed by atoms with Gasteiger partial charge in [0.2, 0.25) is 0 Å². The van der Waals surface area contributed by atoms with Gasteiger partial charge in [-0.25, -0.2) is 8.78 Å². The second-order valence-electron chi connectivity index (χ2n) is 8.03. The number of aliphatic carboxylic acids is 1. The summed E-state index contributed by atoms with van der Waals surface area (Å²) >= 11 is 0. The van der Waals surface area contributed by atoms with Crippen LogP contribution in [0, 0.1) is 11.6 Å². The molecule has 0 unspecified atom stereocenters. The van der Waals surface area contributed by atoms with E-state index in [9.17, 15) is 23.5 Å². The number of hydrogen-bond donors (Lipinski definition) is 1. The molecule has 1 heterocycles. The van der Waals surface area contributed by atoms with Crippen LogP contribution in [-0.4, -0.2) is 33.4 Å². The summed E-state index contributed by atoms with van der Waals surface area (Å²) in [7, 11) is 0. The maximum Gasteiger partial charge on any atom is 0.323 e. The summed E-state index contributed by atoms with van der Waals surface area (Å²) in [5.41, 5.74) is 2.62. The van der Waals surface area contributed by atoms with Gasteiger partial charge in [-0.2, -0.15) is 0 Å². The Labute approximate surface area is 206 Å². The Morgan fingerprint density at radius 2 is 1.67 bits per heavy atom. The van der Waals surface area contributed by atoms with Gasteiger partial charge in [0.15, 0.2) is 0 Å². The minimum atomic E-state index is -1.12. The molecule has 0 spiro atoms. The number of carbonyl (C=O) groups is 2. The molecular formula is C28H22F2N2O4. The normalized spacial score (nSPS) is 10.6. The van der Waals surface area contributed by atoms with Crippen molar-refractivity contribution < 1.29 is 28.2 Å². The van der Waals surface area contributed by atoms with E-state index >= 15 is 0 Å². The number of amides is 1. The Morgan fingerprint density at radius 1 is 0.889 bits per heavy atom. The highest BCUT2D eigenvalue weighted by atomic mass is 19.1. The lowest BCUT2D eigenvalue weighted by Gasteiger charge is -2.21. The molecule has 0 bridgehead atoms. The van der Waals surface area contributed by atoms with Crippen molar-refractivity contribution in [2.75, 3.05) is 6.54 Å². The standard InChI is InChI=1S/C28H22F2N2O4/c29-22-9-12-24(25(30)15-22)21-7-10-23(11-8-21)36-18-20-5-3-4-19(14-20)16-32(17-27(33)34)28(35)26-6-1-2-13-31-26/h1-15H,16-18H2,(H,33,34). The van der Waals surface area contributed by atoms with Crippen LogP contribution in [-0.2, 0) is 17.9 Å². The number of hydrogen-bond acceptors (Lipinski definition) is 4. The number of carbonyl (C=O) groups excluding carboxylic acids is 1.